The first kappa shape index (κ1) is 15.1. The lowest BCUT2D eigenvalue weighted by Crippen LogP contribution is -2.08. The number of hydrogen-bond donors (Lipinski definition) is 0. The van der Waals surface area contributed by atoms with E-state index in [0.29, 0.717) is 17.7 Å². The maximum atomic E-state index is 12.6. The minimum absolute atomic E-state index is 0.0273. The smallest absolute Gasteiger partial charge is 0.171 e. The minimum Gasteiger partial charge on any atom is -0.496 e. The van der Waals surface area contributed by atoms with E-state index in [9.17, 15) is 4.79 Å². The number of Topliss-reactive ketones (excluding diaryl/α,β-unsaturated/α-hetero) is 1. The van der Waals surface area contributed by atoms with E-state index in [2.05, 4.69) is 0 Å². The molecule has 3 heteroatoms. The molecule has 0 atom stereocenters. The number of aryl methyl sites for hydroxylation is 1. The molecule has 0 radical (unpaired) electrons. The summed E-state index contributed by atoms with van der Waals surface area (Å²) >= 11 is 0. The van der Waals surface area contributed by atoms with Gasteiger partial charge < -0.3 is 9.47 Å². The van der Waals surface area contributed by atoms with Gasteiger partial charge in [-0.3, -0.25) is 4.79 Å². The van der Waals surface area contributed by atoms with Crippen molar-refractivity contribution >= 4 is 5.78 Å². The second-order valence-electron chi connectivity index (χ2n) is 5.00. The predicted molar refractivity (Wildman–Crippen MR) is 83.5 cm³/mol. The van der Waals surface area contributed by atoms with Crippen molar-refractivity contribution in [2.75, 3.05) is 14.2 Å². The van der Waals surface area contributed by atoms with Crippen LogP contribution in [0.5, 0.6) is 11.5 Å². The van der Waals surface area contributed by atoms with Gasteiger partial charge in [-0.25, -0.2) is 0 Å². The second-order valence-corrected chi connectivity index (χ2v) is 5.00. The summed E-state index contributed by atoms with van der Waals surface area (Å²) in [5.41, 5.74) is 3.61. The van der Waals surface area contributed by atoms with Crippen LogP contribution in [0.25, 0.3) is 0 Å². The van der Waals surface area contributed by atoms with Crippen LogP contribution >= 0.6 is 0 Å². The molecule has 21 heavy (non-hydrogen) atoms. The third-order valence-electron chi connectivity index (χ3n) is 3.72. The molecule has 0 heterocycles. The second kappa shape index (κ2) is 6.44. The summed E-state index contributed by atoms with van der Waals surface area (Å²) in [5.74, 6) is 1.42. The van der Waals surface area contributed by atoms with Gasteiger partial charge >= 0.3 is 0 Å². The molecule has 0 aliphatic rings. The fourth-order valence-corrected chi connectivity index (χ4v) is 2.39. The van der Waals surface area contributed by atoms with Crippen molar-refractivity contribution in [2.45, 2.75) is 20.3 Å². The molecule has 0 aliphatic carbocycles. The molecule has 0 saturated carbocycles. The number of para-hydroxylation sites is 1. The topological polar surface area (TPSA) is 35.5 Å². The summed E-state index contributed by atoms with van der Waals surface area (Å²) in [6.45, 7) is 3.97. The molecule has 0 fully saturated rings. The van der Waals surface area contributed by atoms with Gasteiger partial charge in [0.25, 0.3) is 0 Å². The fourth-order valence-electron chi connectivity index (χ4n) is 2.39. The van der Waals surface area contributed by atoms with Crippen LogP contribution in [-0.4, -0.2) is 20.0 Å². The first-order chi connectivity index (χ1) is 10.1. The molecule has 0 N–H and O–H groups in total. The number of carbonyl (C=O) groups excluding carboxylic acids is 1. The van der Waals surface area contributed by atoms with Gasteiger partial charge in [-0.05, 0) is 37.1 Å². The number of hydrogen-bond acceptors (Lipinski definition) is 3. The molecule has 0 spiro atoms. The van der Waals surface area contributed by atoms with Crippen molar-refractivity contribution in [3.05, 3.63) is 58.7 Å². The highest BCUT2D eigenvalue weighted by atomic mass is 16.5. The third-order valence-corrected chi connectivity index (χ3v) is 3.72. The van der Waals surface area contributed by atoms with Gasteiger partial charge in [0.2, 0.25) is 0 Å². The van der Waals surface area contributed by atoms with E-state index in [1.165, 1.54) is 0 Å². The molecule has 2 aromatic carbocycles. The van der Waals surface area contributed by atoms with Crippen LogP contribution in [0.1, 0.15) is 27.0 Å². The summed E-state index contributed by atoms with van der Waals surface area (Å²) < 4.78 is 10.7. The number of methoxy groups -OCH3 is 2. The van der Waals surface area contributed by atoms with Crippen LogP contribution in [0.4, 0.5) is 0 Å². The number of carbonyl (C=O) groups is 1. The summed E-state index contributed by atoms with van der Waals surface area (Å²) in [5, 5.41) is 0. The Kier molecular flexibility index (Phi) is 4.63. The molecule has 110 valence electrons. The first-order valence-corrected chi connectivity index (χ1v) is 6.87. The quantitative estimate of drug-likeness (QED) is 0.784. The van der Waals surface area contributed by atoms with Crippen LogP contribution in [0.15, 0.2) is 36.4 Å². The lowest BCUT2D eigenvalue weighted by atomic mass is 9.97. The molecule has 0 aromatic heterocycles. The van der Waals surface area contributed by atoms with Crippen LogP contribution in [0.3, 0.4) is 0 Å². The van der Waals surface area contributed by atoms with Gasteiger partial charge in [0.05, 0.1) is 19.8 Å². The highest BCUT2D eigenvalue weighted by Crippen LogP contribution is 2.28. The fraction of sp³-hybridized carbons (Fsp3) is 0.278. The van der Waals surface area contributed by atoms with Crippen LogP contribution in [0.2, 0.25) is 0 Å². The zero-order valence-corrected chi connectivity index (χ0v) is 12.9. The molecule has 0 saturated heterocycles. The van der Waals surface area contributed by atoms with Crippen molar-refractivity contribution in [1.29, 1.82) is 0 Å². The highest BCUT2D eigenvalue weighted by Gasteiger charge is 2.17. The highest BCUT2D eigenvalue weighted by molar-refractivity contribution is 6.00. The Morgan fingerprint density at radius 1 is 1.00 bits per heavy atom. The molecule has 0 bridgehead atoms. The molecule has 2 rings (SSSR count). The lowest BCUT2D eigenvalue weighted by Gasteiger charge is -2.13. The Hall–Kier alpha value is -2.29. The van der Waals surface area contributed by atoms with Crippen LogP contribution in [-0.2, 0) is 6.42 Å². The van der Waals surface area contributed by atoms with E-state index in [0.717, 1.165) is 22.4 Å². The minimum atomic E-state index is 0.0273. The molecule has 3 nitrogen and oxygen atoms in total. The SMILES string of the molecule is COc1ccccc1CC(=O)c1ccc(C)c(C)c1OC. The van der Waals surface area contributed by atoms with Crippen molar-refractivity contribution < 1.29 is 14.3 Å². The van der Waals surface area contributed by atoms with Crippen molar-refractivity contribution in [1.82, 2.24) is 0 Å². The Bertz CT molecular complexity index is 660. The monoisotopic (exact) mass is 284 g/mol. The van der Waals surface area contributed by atoms with Crippen molar-refractivity contribution in [2.24, 2.45) is 0 Å². The number of rotatable bonds is 5. The molecule has 2 aromatic rings. The zero-order chi connectivity index (χ0) is 15.4. The molecule has 0 unspecified atom stereocenters. The van der Waals surface area contributed by atoms with E-state index < -0.39 is 0 Å². The van der Waals surface area contributed by atoms with Gasteiger partial charge in [-0.15, -0.1) is 0 Å². The average Bonchev–Trinajstić information content (AvgIpc) is 2.50. The van der Waals surface area contributed by atoms with Crippen LogP contribution in [0, 0.1) is 13.8 Å². The summed E-state index contributed by atoms with van der Waals surface area (Å²) in [6, 6.07) is 11.4. The standard InChI is InChI=1S/C18H20O3/c1-12-9-10-15(18(21-4)13(12)2)16(19)11-14-7-5-6-8-17(14)20-3/h5-10H,11H2,1-4H3. The molecular weight excluding hydrogens is 264 g/mol. The Labute approximate surface area is 125 Å². The maximum Gasteiger partial charge on any atom is 0.171 e. The summed E-state index contributed by atoms with van der Waals surface area (Å²) in [6.07, 6.45) is 0.295. The number of ketones is 1. The van der Waals surface area contributed by atoms with E-state index in [4.69, 9.17) is 9.47 Å². The summed E-state index contributed by atoms with van der Waals surface area (Å²) in [4.78, 5) is 12.6. The van der Waals surface area contributed by atoms with Crippen LogP contribution < -0.4 is 9.47 Å². The predicted octanol–water partition coefficient (Wildman–Crippen LogP) is 3.75. The van der Waals surface area contributed by atoms with Gasteiger partial charge in [0.15, 0.2) is 5.78 Å². The normalized spacial score (nSPS) is 10.3. The Balaban J connectivity index is 2.35. The number of benzene rings is 2. The van der Waals surface area contributed by atoms with Gasteiger partial charge in [-0.1, -0.05) is 24.3 Å². The maximum absolute atomic E-state index is 12.6. The Morgan fingerprint density at radius 2 is 1.71 bits per heavy atom. The lowest BCUT2D eigenvalue weighted by molar-refractivity contribution is 0.0989. The zero-order valence-electron chi connectivity index (χ0n) is 12.9. The van der Waals surface area contributed by atoms with Gasteiger partial charge in [-0.2, -0.15) is 0 Å². The van der Waals surface area contributed by atoms with Gasteiger partial charge in [0.1, 0.15) is 11.5 Å². The van der Waals surface area contributed by atoms with Crippen molar-refractivity contribution in [3.8, 4) is 11.5 Å². The van der Waals surface area contributed by atoms with E-state index >= 15 is 0 Å². The Morgan fingerprint density at radius 3 is 2.38 bits per heavy atom. The number of ether oxygens (including phenoxy) is 2. The largest absolute Gasteiger partial charge is 0.496 e. The van der Waals surface area contributed by atoms with E-state index in [-0.39, 0.29) is 5.78 Å². The molecule has 0 aliphatic heterocycles. The van der Waals surface area contributed by atoms with Crippen molar-refractivity contribution in [3.63, 3.8) is 0 Å². The van der Waals surface area contributed by atoms with E-state index in [1.54, 1.807) is 14.2 Å². The first-order valence-electron chi connectivity index (χ1n) is 6.87. The average molecular weight is 284 g/mol. The third kappa shape index (κ3) is 3.07. The molecular formula is C18H20O3. The molecule has 0 amide bonds. The van der Waals surface area contributed by atoms with E-state index in [1.807, 2.05) is 50.2 Å². The van der Waals surface area contributed by atoms with Gasteiger partial charge in [0, 0.05) is 12.0 Å². The summed E-state index contributed by atoms with van der Waals surface area (Å²) in [7, 11) is 3.21.